The Balaban J connectivity index is 2.01. The van der Waals surface area contributed by atoms with Gasteiger partial charge in [0.25, 0.3) is 0 Å². The van der Waals surface area contributed by atoms with Gasteiger partial charge < -0.3 is 5.73 Å². The van der Waals surface area contributed by atoms with E-state index in [2.05, 4.69) is 0 Å². The third-order valence-electron chi connectivity index (χ3n) is 4.26. The molecule has 2 fully saturated rings. The van der Waals surface area contributed by atoms with Crippen molar-refractivity contribution in [1.29, 1.82) is 0 Å². The summed E-state index contributed by atoms with van der Waals surface area (Å²) in [5.41, 5.74) is 5.80. The highest BCUT2D eigenvalue weighted by Crippen LogP contribution is 2.40. The molecule has 1 saturated heterocycles. The highest BCUT2D eigenvalue weighted by molar-refractivity contribution is 7.89. The largest absolute Gasteiger partial charge is 0.326 e. The molecule has 4 nitrogen and oxygen atoms in total. The smallest absolute Gasteiger partial charge is 0.243 e. The van der Waals surface area contributed by atoms with E-state index >= 15 is 0 Å². The van der Waals surface area contributed by atoms with Crippen LogP contribution in [0.2, 0.25) is 5.02 Å². The molecule has 1 aromatic rings. The summed E-state index contributed by atoms with van der Waals surface area (Å²) in [6, 6.07) is 2.43. The van der Waals surface area contributed by atoms with Crippen molar-refractivity contribution >= 4 is 21.6 Å². The Hall–Kier alpha value is -0.690. The van der Waals surface area contributed by atoms with E-state index in [0.717, 1.165) is 25.3 Å². The first-order valence-electron chi connectivity index (χ1n) is 6.63. The van der Waals surface area contributed by atoms with Crippen LogP contribution in [0.1, 0.15) is 24.8 Å². The van der Waals surface area contributed by atoms with Crippen LogP contribution in [0, 0.1) is 11.7 Å². The van der Waals surface area contributed by atoms with Gasteiger partial charge in [0.15, 0.2) is 0 Å². The van der Waals surface area contributed by atoms with E-state index < -0.39 is 15.8 Å². The van der Waals surface area contributed by atoms with Crippen molar-refractivity contribution in [3.63, 3.8) is 0 Å². The fourth-order valence-electron chi connectivity index (χ4n) is 3.23. The lowest BCUT2D eigenvalue weighted by Gasteiger charge is -2.26. The van der Waals surface area contributed by atoms with E-state index in [1.807, 2.05) is 0 Å². The van der Waals surface area contributed by atoms with Crippen LogP contribution in [-0.4, -0.2) is 25.3 Å². The number of hydrogen-bond acceptors (Lipinski definition) is 3. The molecule has 2 N–H and O–H groups in total. The summed E-state index contributed by atoms with van der Waals surface area (Å²) in [5, 5.41) is -0.102. The number of hydrogen-bond donors (Lipinski definition) is 1. The Kier molecular flexibility index (Phi) is 3.52. The standard InChI is InChI=1S/C13H16ClFN2O2S/c14-13-9(6-16)4-11(5-12(13)15)20(18,19)17-7-8-1-2-10(17)3-8/h4-5,8,10H,1-3,6-7,16H2. The number of rotatable bonds is 3. The first-order chi connectivity index (χ1) is 9.43. The quantitative estimate of drug-likeness (QED) is 0.928. The summed E-state index contributed by atoms with van der Waals surface area (Å²) in [4.78, 5) is -0.0487. The number of piperidine rings is 1. The number of benzene rings is 1. The van der Waals surface area contributed by atoms with Crippen LogP contribution in [0.4, 0.5) is 4.39 Å². The molecule has 20 heavy (non-hydrogen) atoms. The van der Waals surface area contributed by atoms with Gasteiger partial charge >= 0.3 is 0 Å². The molecule has 1 aliphatic heterocycles. The molecule has 1 heterocycles. The van der Waals surface area contributed by atoms with E-state index in [1.54, 1.807) is 0 Å². The summed E-state index contributed by atoms with van der Waals surface area (Å²) in [6.45, 7) is 0.542. The van der Waals surface area contributed by atoms with Gasteiger partial charge in [0, 0.05) is 19.1 Å². The van der Waals surface area contributed by atoms with Gasteiger partial charge in [-0.25, -0.2) is 12.8 Å². The van der Waals surface area contributed by atoms with Gasteiger partial charge in [-0.3, -0.25) is 0 Å². The van der Waals surface area contributed by atoms with Crippen molar-refractivity contribution in [3.05, 3.63) is 28.5 Å². The van der Waals surface area contributed by atoms with Gasteiger partial charge in [0.1, 0.15) is 5.82 Å². The summed E-state index contributed by atoms with van der Waals surface area (Å²) in [5.74, 6) is -0.293. The zero-order valence-corrected chi connectivity index (χ0v) is 12.4. The van der Waals surface area contributed by atoms with E-state index in [0.29, 0.717) is 18.0 Å². The van der Waals surface area contributed by atoms with Gasteiger partial charge in [-0.05, 0) is 42.9 Å². The fraction of sp³-hybridized carbons (Fsp3) is 0.538. The summed E-state index contributed by atoms with van der Waals surface area (Å²) < 4.78 is 40.5. The van der Waals surface area contributed by atoms with Gasteiger partial charge in [0.2, 0.25) is 10.0 Å². The second kappa shape index (κ2) is 4.94. The normalized spacial score (nSPS) is 26.4. The van der Waals surface area contributed by atoms with Crippen molar-refractivity contribution in [3.8, 4) is 0 Å². The summed E-state index contributed by atoms with van der Waals surface area (Å²) in [7, 11) is -3.66. The first kappa shape index (κ1) is 14.3. The fourth-order valence-corrected chi connectivity index (χ4v) is 5.22. The highest BCUT2D eigenvalue weighted by atomic mass is 35.5. The van der Waals surface area contributed by atoms with Gasteiger partial charge in [-0.1, -0.05) is 11.6 Å². The average Bonchev–Trinajstić information content (AvgIpc) is 3.04. The van der Waals surface area contributed by atoms with Crippen molar-refractivity contribution < 1.29 is 12.8 Å². The molecule has 0 amide bonds. The molecule has 2 bridgehead atoms. The average molecular weight is 319 g/mol. The first-order valence-corrected chi connectivity index (χ1v) is 8.45. The van der Waals surface area contributed by atoms with E-state index in [4.69, 9.17) is 17.3 Å². The molecule has 2 atom stereocenters. The molecule has 3 rings (SSSR count). The minimum Gasteiger partial charge on any atom is -0.326 e. The molecule has 2 aliphatic rings. The minimum absolute atomic E-state index is 0.00513. The number of nitrogens with two attached hydrogens (primary N) is 1. The van der Waals surface area contributed by atoms with Crippen molar-refractivity contribution in [2.75, 3.05) is 6.54 Å². The minimum atomic E-state index is -3.66. The third kappa shape index (κ3) is 2.15. The van der Waals surface area contributed by atoms with E-state index in [-0.39, 0.29) is 22.5 Å². The third-order valence-corrected chi connectivity index (χ3v) is 6.58. The topological polar surface area (TPSA) is 63.4 Å². The molecule has 1 saturated carbocycles. The summed E-state index contributed by atoms with van der Waals surface area (Å²) >= 11 is 5.77. The van der Waals surface area contributed by atoms with Crippen LogP contribution >= 0.6 is 11.6 Å². The van der Waals surface area contributed by atoms with Crippen molar-refractivity contribution in [1.82, 2.24) is 4.31 Å². The summed E-state index contributed by atoms with van der Waals surface area (Å²) in [6.07, 6.45) is 2.89. The monoisotopic (exact) mass is 318 g/mol. The number of nitrogens with zero attached hydrogens (tertiary/aromatic N) is 1. The van der Waals surface area contributed by atoms with Crippen LogP contribution in [0.5, 0.6) is 0 Å². The van der Waals surface area contributed by atoms with Gasteiger partial charge in [-0.15, -0.1) is 0 Å². The molecular weight excluding hydrogens is 303 g/mol. The second-order valence-corrected chi connectivity index (χ2v) is 7.76. The zero-order chi connectivity index (χ0) is 14.5. The second-order valence-electron chi connectivity index (χ2n) is 5.49. The molecule has 0 radical (unpaired) electrons. The lowest BCUT2D eigenvalue weighted by molar-refractivity contribution is 0.333. The highest BCUT2D eigenvalue weighted by Gasteiger charge is 2.44. The molecule has 0 aromatic heterocycles. The number of halogens is 2. The maximum absolute atomic E-state index is 13.8. The SMILES string of the molecule is NCc1cc(S(=O)(=O)N2CC3CCC2C3)cc(F)c1Cl. The van der Waals surface area contributed by atoms with Gasteiger partial charge in [0.05, 0.1) is 9.92 Å². The molecule has 0 spiro atoms. The van der Waals surface area contributed by atoms with Crippen LogP contribution in [0.3, 0.4) is 0 Å². The Bertz CT molecular complexity index is 650. The maximum Gasteiger partial charge on any atom is 0.243 e. The Morgan fingerprint density at radius 1 is 1.40 bits per heavy atom. The molecular formula is C13H16ClFN2O2S. The molecule has 2 unspecified atom stereocenters. The van der Waals surface area contributed by atoms with Crippen LogP contribution in [0.25, 0.3) is 0 Å². The Labute approximate surface area is 122 Å². The molecule has 110 valence electrons. The zero-order valence-electron chi connectivity index (χ0n) is 10.9. The van der Waals surface area contributed by atoms with E-state index in [9.17, 15) is 12.8 Å². The Morgan fingerprint density at radius 3 is 2.70 bits per heavy atom. The molecule has 1 aliphatic carbocycles. The predicted molar refractivity (Wildman–Crippen MR) is 74.3 cm³/mol. The van der Waals surface area contributed by atoms with Crippen LogP contribution in [-0.2, 0) is 16.6 Å². The van der Waals surface area contributed by atoms with Crippen LogP contribution in [0.15, 0.2) is 17.0 Å². The van der Waals surface area contributed by atoms with Crippen molar-refractivity contribution in [2.45, 2.75) is 36.7 Å². The predicted octanol–water partition coefficient (Wildman–Crippen LogP) is 2.11. The van der Waals surface area contributed by atoms with E-state index in [1.165, 1.54) is 10.4 Å². The molecule has 7 heteroatoms. The number of fused-ring (bicyclic) bond motifs is 2. The van der Waals surface area contributed by atoms with Gasteiger partial charge in [-0.2, -0.15) is 4.31 Å². The Morgan fingerprint density at radius 2 is 2.15 bits per heavy atom. The molecule has 1 aromatic carbocycles. The van der Waals surface area contributed by atoms with Crippen molar-refractivity contribution in [2.24, 2.45) is 11.7 Å². The van der Waals surface area contributed by atoms with Crippen LogP contribution < -0.4 is 5.73 Å². The number of sulfonamides is 1. The lowest BCUT2D eigenvalue weighted by atomic mass is 10.1. The lowest BCUT2D eigenvalue weighted by Crippen LogP contribution is -2.37. The maximum atomic E-state index is 13.8.